The summed E-state index contributed by atoms with van der Waals surface area (Å²) in [7, 11) is 0. The number of carbonyl (C=O) groups is 1. The van der Waals surface area contributed by atoms with Gasteiger partial charge in [-0.3, -0.25) is 4.79 Å². The van der Waals surface area contributed by atoms with E-state index in [1.807, 2.05) is 0 Å². The molecule has 104 valence electrons. The number of anilines is 1. The first-order chi connectivity index (χ1) is 9.36. The molecule has 0 aliphatic rings. The number of alkyl halides is 3. The molecule has 0 aromatic carbocycles. The molecule has 1 N–H and O–H groups in total. The normalized spacial score (nSPS) is 11.2. The number of hydrogen-bond donors (Lipinski definition) is 1. The molecule has 4 nitrogen and oxygen atoms in total. The highest BCUT2D eigenvalue weighted by Gasteiger charge is 2.32. The summed E-state index contributed by atoms with van der Waals surface area (Å²) in [4.78, 5) is 18.8. The molecule has 0 spiro atoms. The smallest absolute Gasteiger partial charge is 0.319 e. The zero-order valence-electron chi connectivity index (χ0n) is 9.78. The zero-order valence-corrected chi connectivity index (χ0v) is 10.5. The first kappa shape index (κ1) is 14.3. The molecule has 0 aliphatic carbocycles. The summed E-state index contributed by atoms with van der Waals surface area (Å²) in [6, 6.07) is 6.35. The van der Waals surface area contributed by atoms with Gasteiger partial charge in [0.25, 0.3) is 5.91 Å². The van der Waals surface area contributed by atoms with Crippen LogP contribution < -0.4 is 5.32 Å². The Morgan fingerprint density at radius 1 is 1.20 bits per heavy atom. The Kier molecular flexibility index (Phi) is 3.89. The molecule has 20 heavy (non-hydrogen) atoms. The summed E-state index contributed by atoms with van der Waals surface area (Å²) < 4.78 is 37.0. The second kappa shape index (κ2) is 5.46. The molecule has 0 unspecified atom stereocenters. The minimum absolute atomic E-state index is 0.0531. The van der Waals surface area contributed by atoms with Crippen LogP contribution in [0.3, 0.4) is 0 Å². The van der Waals surface area contributed by atoms with Crippen molar-refractivity contribution in [3.8, 4) is 0 Å². The number of nitrogens with one attached hydrogen (secondary N) is 1. The Balaban J connectivity index is 2.12. The lowest BCUT2D eigenvalue weighted by atomic mass is 10.3. The first-order valence-electron chi connectivity index (χ1n) is 5.33. The van der Waals surface area contributed by atoms with E-state index in [0.717, 1.165) is 18.3 Å². The van der Waals surface area contributed by atoms with Gasteiger partial charge in [-0.2, -0.15) is 13.2 Å². The average Bonchev–Trinajstić information content (AvgIpc) is 2.38. The maximum absolute atomic E-state index is 12.3. The van der Waals surface area contributed by atoms with Crippen molar-refractivity contribution in [1.29, 1.82) is 0 Å². The summed E-state index contributed by atoms with van der Waals surface area (Å²) >= 11 is 5.63. The second-order valence-electron chi connectivity index (χ2n) is 3.73. The molecule has 2 aromatic heterocycles. The van der Waals surface area contributed by atoms with Gasteiger partial charge in [-0.1, -0.05) is 17.7 Å². The Morgan fingerprint density at radius 2 is 1.95 bits per heavy atom. The topological polar surface area (TPSA) is 54.9 Å². The van der Waals surface area contributed by atoms with E-state index in [1.54, 1.807) is 0 Å². The molecule has 2 heterocycles. The SMILES string of the molecule is O=C(Nc1ccc(C(F)(F)F)nc1)c1cccc(Cl)n1. The van der Waals surface area contributed by atoms with E-state index in [0.29, 0.717) is 0 Å². The molecule has 0 aliphatic heterocycles. The van der Waals surface area contributed by atoms with Gasteiger partial charge in [0.05, 0.1) is 11.9 Å². The number of hydrogen-bond acceptors (Lipinski definition) is 3. The molecular weight excluding hydrogens is 295 g/mol. The third-order valence-corrected chi connectivity index (χ3v) is 2.47. The average molecular weight is 302 g/mol. The monoisotopic (exact) mass is 301 g/mol. The second-order valence-corrected chi connectivity index (χ2v) is 4.12. The van der Waals surface area contributed by atoms with Crippen molar-refractivity contribution in [2.24, 2.45) is 0 Å². The minimum atomic E-state index is -4.52. The van der Waals surface area contributed by atoms with Crippen LogP contribution in [0, 0.1) is 0 Å². The van der Waals surface area contributed by atoms with Crippen LogP contribution in [-0.4, -0.2) is 15.9 Å². The van der Waals surface area contributed by atoms with Crippen LogP contribution in [-0.2, 0) is 6.18 Å². The van der Waals surface area contributed by atoms with Crippen LogP contribution in [0.5, 0.6) is 0 Å². The van der Waals surface area contributed by atoms with Crippen molar-refractivity contribution in [2.75, 3.05) is 5.32 Å². The third kappa shape index (κ3) is 3.45. The largest absolute Gasteiger partial charge is 0.433 e. The zero-order chi connectivity index (χ0) is 14.8. The highest BCUT2D eigenvalue weighted by atomic mass is 35.5. The fourth-order valence-corrected chi connectivity index (χ4v) is 1.53. The lowest BCUT2D eigenvalue weighted by molar-refractivity contribution is -0.141. The Labute approximate surface area is 116 Å². The van der Waals surface area contributed by atoms with E-state index in [4.69, 9.17) is 11.6 Å². The lowest BCUT2D eigenvalue weighted by Gasteiger charge is -2.07. The number of rotatable bonds is 2. The van der Waals surface area contributed by atoms with E-state index in [-0.39, 0.29) is 16.5 Å². The number of nitrogens with zero attached hydrogens (tertiary/aromatic N) is 2. The molecule has 0 atom stereocenters. The van der Waals surface area contributed by atoms with E-state index < -0.39 is 17.8 Å². The van der Waals surface area contributed by atoms with Gasteiger partial charge in [-0.05, 0) is 24.3 Å². The van der Waals surface area contributed by atoms with Gasteiger partial charge < -0.3 is 5.32 Å². The number of pyridine rings is 2. The molecule has 2 aromatic rings. The summed E-state index contributed by atoms with van der Waals surface area (Å²) in [6.45, 7) is 0. The highest BCUT2D eigenvalue weighted by molar-refractivity contribution is 6.29. The Bertz CT molecular complexity index is 629. The predicted octanol–water partition coefficient (Wildman–Crippen LogP) is 3.40. The molecule has 0 fully saturated rings. The summed E-state index contributed by atoms with van der Waals surface area (Å²) in [5.74, 6) is -0.589. The lowest BCUT2D eigenvalue weighted by Crippen LogP contribution is -2.14. The molecule has 1 amide bonds. The first-order valence-corrected chi connectivity index (χ1v) is 5.71. The summed E-state index contributed by atoms with van der Waals surface area (Å²) in [5.41, 5.74) is -0.849. The quantitative estimate of drug-likeness (QED) is 0.865. The molecule has 0 bridgehead atoms. The molecule has 0 saturated heterocycles. The fourth-order valence-electron chi connectivity index (χ4n) is 1.37. The van der Waals surface area contributed by atoms with Crippen LogP contribution in [0.15, 0.2) is 36.5 Å². The van der Waals surface area contributed by atoms with Gasteiger partial charge in [-0.15, -0.1) is 0 Å². The van der Waals surface area contributed by atoms with Crippen molar-refractivity contribution in [3.05, 3.63) is 53.1 Å². The summed E-state index contributed by atoms with van der Waals surface area (Å²) in [6.07, 6.45) is -3.59. The van der Waals surface area contributed by atoms with Crippen molar-refractivity contribution in [1.82, 2.24) is 9.97 Å². The van der Waals surface area contributed by atoms with Crippen molar-refractivity contribution in [2.45, 2.75) is 6.18 Å². The standard InChI is InChI=1S/C12H7ClF3N3O/c13-10-3-1-2-8(19-10)11(20)18-7-4-5-9(17-6-7)12(14,15)16/h1-6H,(H,18,20). The van der Waals surface area contributed by atoms with Crippen molar-refractivity contribution < 1.29 is 18.0 Å². The van der Waals surface area contributed by atoms with Gasteiger partial charge in [0.15, 0.2) is 0 Å². The van der Waals surface area contributed by atoms with Gasteiger partial charge in [0.1, 0.15) is 16.5 Å². The number of amides is 1. The van der Waals surface area contributed by atoms with Crippen molar-refractivity contribution >= 4 is 23.2 Å². The predicted molar refractivity (Wildman–Crippen MR) is 66.4 cm³/mol. The van der Waals surface area contributed by atoms with Crippen LogP contribution in [0.4, 0.5) is 18.9 Å². The van der Waals surface area contributed by atoms with Gasteiger partial charge >= 0.3 is 6.18 Å². The fraction of sp³-hybridized carbons (Fsp3) is 0.0833. The van der Waals surface area contributed by atoms with Crippen LogP contribution in [0.1, 0.15) is 16.2 Å². The van der Waals surface area contributed by atoms with E-state index in [9.17, 15) is 18.0 Å². The Hall–Kier alpha value is -2.15. The molecule has 8 heteroatoms. The molecular formula is C12H7ClF3N3O. The third-order valence-electron chi connectivity index (χ3n) is 2.26. The van der Waals surface area contributed by atoms with Crippen LogP contribution in [0.25, 0.3) is 0 Å². The highest BCUT2D eigenvalue weighted by Crippen LogP contribution is 2.27. The van der Waals surface area contributed by atoms with Gasteiger partial charge in [0.2, 0.25) is 0 Å². The number of halogens is 4. The van der Waals surface area contributed by atoms with E-state index >= 15 is 0 Å². The Morgan fingerprint density at radius 3 is 2.50 bits per heavy atom. The molecule has 2 rings (SSSR count). The number of aromatic nitrogens is 2. The molecule has 0 radical (unpaired) electrons. The van der Waals surface area contributed by atoms with Crippen LogP contribution in [0.2, 0.25) is 5.15 Å². The number of carbonyl (C=O) groups excluding carboxylic acids is 1. The van der Waals surface area contributed by atoms with E-state index in [2.05, 4.69) is 15.3 Å². The minimum Gasteiger partial charge on any atom is -0.319 e. The van der Waals surface area contributed by atoms with Gasteiger partial charge in [-0.25, -0.2) is 9.97 Å². The van der Waals surface area contributed by atoms with Crippen molar-refractivity contribution in [3.63, 3.8) is 0 Å². The maximum Gasteiger partial charge on any atom is 0.433 e. The van der Waals surface area contributed by atoms with Crippen LogP contribution >= 0.6 is 11.6 Å². The molecule has 0 saturated carbocycles. The summed E-state index contributed by atoms with van der Waals surface area (Å²) in [5, 5.41) is 2.52. The van der Waals surface area contributed by atoms with E-state index in [1.165, 1.54) is 18.2 Å². The maximum atomic E-state index is 12.3. The van der Waals surface area contributed by atoms with Gasteiger partial charge in [0, 0.05) is 0 Å².